The van der Waals surface area contributed by atoms with Crippen molar-refractivity contribution < 1.29 is 23.8 Å². The lowest BCUT2D eigenvalue weighted by Crippen LogP contribution is -2.65. The minimum Gasteiger partial charge on any atom is -0.487 e. The van der Waals surface area contributed by atoms with E-state index in [0.717, 1.165) is 19.3 Å². The fraction of sp³-hybridized carbons (Fsp3) is 0.840. The first-order valence-corrected chi connectivity index (χ1v) is 12.3. The lowest BCUT2D eigenvalue weighted by Gasteiger charge is -2.62. The summed E-state index contributed by atoms with van der Waals surface area (Å²) in [5, 5.41) is 11.9. The molecule has 31 heavy (non-hydrogen) atoms. The Bertz CT molecular complexity index is 785. The van der Waals surface area contributed by atoms with Crippen molar-refractivity contribution in [2.24, 2.45) is 40.4 Å². The van der Waals surface area contributed by atoms with Gasteiger partial charge in [-0.1, -0.05) is 39.8 Å². The number of allylic oxidation sites excluding steroid dienone is 2. The fourth-order valence-corrected chi connectivity index (χ4v) is 8.85. The van der Waals surface area contributed by atoms with Gasteiger partial charge in [0.1, 0.15) is 6.17 Å². The third kappa shape index (κ3) is 2.99. The number of fused-ring (bicyclic) bond motifs is 5. The lowest BCUT2D eigenvalue weighted by molar-refractivity contribution is -0.199. The van der Waals surface area contributed by atoms with Crippen molar-refractivity contribution in [1.29, 1.82) is 0 Å². The SMILES string of the molecule is CCC(=O)O[C@]1(C(=S)OC)[C@@H](C)C[C@H]2[C@@H]3C[C@H](F)C4CCC=C[C@]4(C)[C@H]3[C@@H](O)C[C@@]21C. The molecule has 0 aliphatic heterocycles. The summed E-state index contributed by atoms with van der Waals surface area (Å²) in [4.78, 5) is 12.5. The second-order valence-electron chi connectivity index (χ2n) is 10.9. The maximum Gasteiger partial charge on any atom is 0.306 e. The number of carbonyl (C=O) groups is 1. The Morgan fingerprint density at radius 3 is 2.65 bits per heavy atom. The zero-order chi connectivity index (χ0) is 22.8. The van der Waals surface area contributed by atoms with Crippen LogP contribution in [0.25, 0.3) is 0 Å². The summed E-state index contributed by atoms with van der Waals surface area (Å²) >= 11 is 5.67. The number of hydrogen-bond donors (Lipinski definition) is 1. The molecule has 10 atom stereocenters. The number of hydrogen-bond acceptors (Lipinski definition) is 5. The van der Waals surface area contributed by atoms with Crippen LogP contribution in [-0.4, -0.2) is 41.1 Å². The summed E-state index contributed by atoms with van der Waals surface area (Å²) in [6, 6.07) is 0. The molecule has 4 nitrogen and oxygen atoms in total. The molecule has 0 saturated heterocycles. The number of esters is 1. The molecular weight excluding hydrogens is 415 g/mol. The van der Waals surface area contributed by atoms with Gasteiger partial charge < -0.3 is 14.6 Å². The molecule has 4 rings (SSSR count). The minimum absolute atomic E-state index is 0.000109. The molecule has 4 aliphatic carbocycles. The van der Waals surface area contributed by atoms with Crippen molar-refractivity contribution in [2.45, 2.75) is 84.1 Å². The highest BCUT2D eigenvalue weighted by atomic mass is 32.1. The molecule has 4 aliphatic rings. The second kappa shape index (κ2) is 7.79. The smallest absolute Gasteiger partial charge is 0.306 e. The van der Waals surface area contributed by atoms with E-state index in [-0.39, 0.29) is 52.4 Å². The largest absolute Gasteiger partial charge is 0.487 e. The number of methoxy groups -OCH3 is 1. The number of ether oxygens (including phenoxy) is 2. The molecule has 0 heterocycles. The molecule has 3 saturated carbocycles. The van der Waals surface area contributed by atoms with Crippen molar-refractivity contribution >= 4 is 23.2 Å². The van der Waals surface area contributed by atoms with Crippen LogP contribution in [0, 0.1) is 40.4 Å². The average Bonchev–Trinajstić information content (AvgIpc) is 2.94. The molecule has 6 heteroatoms. The van der Waals surface area contributed by atoms with Crippen LogP contribution in [-0.2, 0) is 14.3 Å². The molecule has 0 radical (unpaired) electrons. The molecule has 0 bridgehead atoms. The predicted octanol–water partition coefficient (Wildman–Crippen LogP) is 5.03. The molecule has 0 spiro atoms. The van der Waals surface area contributed by atoms with E-state index in [1.54, 1.807) is 6.92 Å². The summed E-state index contributed by atoms with van der Waals surface area (Å²) in [6.45, 7) is 8.04. The van der Waals surface area contributed by atoms with E-state index in [0.29, 0.717) is 12.8 Å². The van der Waals surface area contributed by atoms with Crippen LogP contribution in [0.3, 0.4) is 0 Å². The quantitative estimate of drug-likeness (QED) is 0.370. The molecule has 1 unspecified atom stereocenters. The Balaban J connectivity index is 1.81. The van der Waals surface area contributed by atoms with Gasteiger partial charge in [-0.25, -0.2) is 4.39 Å². The van der Waals surface area contributed by atoms with Crippen LogP contribution in [0.15, 0.2) is 12.2 Å². The van der Waals surface area contributed by atoms with Crippen LogP contribution >= 0.6 is 12.2 Å². The molecule has 174 valence electrons. The minimum atomic E-state index is -1.09. The van der Waals surface area contributed by atoms with Gasteiger partial charge in [0.05, 0.1) is 13.2 Å². The number of aliphatic hydroxyl groups is 1. The Kier molecular flexibility index (Phi) is 5.82. The fourth-order valence-electron chi connectivity index (χ4n) is 8.38. The highest BCUT2D eigenvalue weighted by Gasteiger charge is 2.73. The standard InChI is InChI=1S/C25H37FO4S/c1-6-20(28)30-25(22(31)29-5)14(2)11-17-15-12-18(26)16-9-7-8-10-23(16,3)21(15)19(27)13-24(17,25)4/h8,10,14-19,21,27H,6-7,9,11-13H2,1-5H3/t14-,15-,16?,17-,18-,19-,21+,23-,24-,25-/m0/s1. The van der Waals surface area contributed by atoms with Gasteiger partial charge in [-0.2, -0.15) is 0 Å². The van der Waals surface area contributed by atoms with Crippen LogP contribution in [0.2, 0.25) is 0 Å². The van der Waals surface area contributed by atoms with Gasteiger partial charge in [0.15, 0.2) is 5.60 Å². The van der Waals surface area contributed by atoms with Gasteiger partial charge in [-0.15, -0.1) is 0 Å². The number of thiocarbonyl (C=S) groups is 1. The highest BCUT2D eigenvalue weighted by molar-refractivity contribution is 7.80. The van der Waals surface area contributed by atoms with E-state index >= 15 is 4.39 Å². The van der Waals surface area contributed by atoms with Gasteiger partial charge in [-0.05, 0) is 73.4 Å². The molecule has 1 N–H and O–H groups in total. The Labute approximate surface area is 190 Å². The maximum atomic E-state index is 15.6. The molecule has 0 aromatic heterocycles. The zero-order valence-corrected chi connectivity index (χ0v) is 20.2. The van der Waals surface area contributed by atoms with Gasteiger partial charge in [0.2, 0.25) is 5.05 Å². The average molecular weight is 453 g/mol. The van der Waals surface area contributed by atoms with Crippen LogP contribution in [0.4, 0.5) is 4.39 Å². The zero-order valence-electron chi connectivity index (χ0n) is 19.4. The number of carbonyl (C=O) groups excluding carboxylic acids is 1. The van der Waals surface area contributed by atoms with Crippen LogP contribution in [0.1, 0.15) is 66.2 Å². The molecule has 0 amide bonds. The van der Waals surface area contributed by atoms with E-state index in [2.05, 4.69) is 32.9 Å². The Morgan fingerprint density at radius 1 is 1.29 bits per heavy atom. The van der Waals surface area contributed by atoms with Gasteiger partial charge in [-0.3, -0.25) is 4.79 Å². The third-order valence-corrected chi connectivity index (χ3v) is 10.1. The van der Waals surface area contributed by atoms with Crippen LogP contribution in [0.5, 0.6) is 0 Å². The summed E-state index contributed by atoms with van der Waals surface area (Å²) in [7, 11) is 1.52. The van der Waals surface area contributed by atoms with E-state index in [1.807, 2.05) is 0 Å². The topological polar surface area (TPSA) is 55.8 Å². The third-order valence-electron chi connectivity index (χ3n) is 9.62. The van der Waals surface area contributed by atoms with Gasteiger partial charge in [0, 0.05) is 17.8 Å². The first-order valence-electron chi connectivity index (χ1n) is 11.9. The van der Waals surface area contributed by atoms with E-state index in [4.69, 9.17) is 21.7 Å². The van der Waals surface area contributed by atoms with Gasteiger partial charge in [0.25, 0.3) is 0 Å². The molecule has 0 aromatic carbocycles. The van der Waals surface area contributed by atoms with Crippen LogP contribution < -0.4 is 0 Å². The number of halogens is 1. The first-order chi connectivity index (χ1) is 14.6. The van der Waals surface area contributed by atoms with Gasteiger partial charge >= 0.3 is 5.97 Å². The molecule has 3 fully saturated rings. The van der Waals surface area contributed by atoms with Crippen molar-refractivity contribution in [2.75, 3.05) is 7.11 Å². The Morgan fingerprint density at radius 2 is 2.00 bits per heavy atom. The Hall–Kier alpha value is -1.01. The lowest BCUT2D eigenvalue weighted by atomic mass is 9.44. The monoisotopic (exact) mass is 452 g/mol. The number of aliphatic hydroxyl groups excluding tert-OH is 1. The summed E-state index contributed by atoms with van der Waals surface area (Å²) < 4.78 is 27.3. The predicted molar refractivity (Wildman–Crippen MR) is 121 cm³/mol. The van der Waals surface area contributed by atoms with Crippen molar-refractivity contribution in [3.63, 3.8) is 0 Å². The van der Waals surface area contributed by atoms with Crippen molar-refractivity contribution in [1.82, 2.24) is 0 Å². The number of alkyl halides is 1. The molecular formula is C25H37FO4S. The van der Waals surface area contributed by atoms with Crippen molar-refractivity contribution in [3.8, 4) is 0 Å². The van der Waals surface area contributed by atoms with E-state index < -0.39 is 23.3 Å². The first kappa shape index (κ1) is 23.2. The van der Waals surface area contributed by atoms with Crippen molar-refractivity contribution in [3.05, 3.63) is 12.2 Å². The van der Waals surface area contributed by atoms with E-state index in [1.165, 1.54) is 7.11 Å². The summed E-state index contributed by atoms with van der Waals surface area (Å²) in [5.74, 6) is -0.322. The highest BCUT2D eigenvalue weighted by Crippen LogP contribution is 2.70. The number of rotatable bonds is 3. The maximum absolute atomic E-state index is 15.6. The summed E-state index contributed by atoms with van der Waals surface area (Å²) in [5.41, 5.74) is -2.04. The summed E-state index contributed by atoms with van der Waals surface area (Å²) in [6.07, 6.45) is 6.54. The normalized spacial score (nSPS) is 50.7. The second-order valence-corrected chi connectivity index (χ2v) is 11.3. The van der Waals surface area contributed by atoms with E-state index in [9.17, 15) is 9.90 Å². The molecule has 0 aromatic rings.